The molecule has 2 atom stereocenters. The lowest BCUT2D eigenvalue weighted by Crippen LogP contribution is -2.47. The van der Waals surface area contributed by atoms with Crippen molar-refractivity contribution in [3.05, 3.63) is 0 Å². The SMILES string of the molecule is CCNC(=NCC1(C)CCCCC1O)NCC1CCN(S(=O)(=O)C(F)(F)F)CC1.I. The van der Waals surface area contributed by atoms with Crippen LogP contribution in [-0.4, -0.2) is 68.1 Å². The van der Waals surface area contributed by atoms with Gasteiger partial charge in [0.05, 0.1) is 12.6 Å². The Labute approximate surface area is 194 Å². The molecule has 12 heteroatoms. The van der Waals surface area contributed by atoms with E-state index in [1.807, 2.05) is 13.8 Å². The molecule has 30 heavy (non-hydrogen) atoms. The van der Waals surface area contributed by atoms with Crippen LogP contribution < -0.4 is 10.6 Å². The minimum atomic E-state index is -5.25. The predicted octanol–water partition coefficient (Wildman–Crippen LogP) is 2.66. The summed E-state index contributed by atoms with van der Waals surface area (Å²) in [5, 5.41) is 16.7. The van der Waals surface area contributed by atoms with Gasteiger partial charge in [-0.2, -0.15) is 17.5 Å². The highest BCUT2D eigenvalue weighted by Gasteiger charge is 2.50. The van der Waals surface area contributed by atoms with Gasteiger partial charge in [-0.25, -0.2) is 8.42 Å². The Morgan fingerprint density at radius 3 is 2.37 bits per heavy atom. The molecule has 0 aromatic heterocycles. The molecule has 0 radical (unpaired) electrons. The standard InChI is InChI=1S/C18H33F3N4O3S.HI/c1-3-22-16(24-13-17(2)9-5-4-6-15(17)26)23-12-14-7-10-25(11-8-14)29(27,28)18(19,20)21;/h14-15,26H,3-13H2,1-2H3,(H2,22,23,24);1H. The number of hydrogen-bond donors (Lipinski definition) is 3. The van der Waals surface area contributed by atoms with Crippen LogP contribution in [0.5, 0.6) is 0 Å². The summed E-state index contributed by atoms with van der Waals surface area (Å²) >= 11 is 0. The fourth-order valence-corrected chi connectivity index (χ4v) is 4.89. The van der Waals surface area contributed by atoms with Crippen molar-refractivity contribution in [3.8, 4) is 0 Å². The van der Waals surface area contributed by atoms with Crippen LogP contribution in [0.1, 0.15) is 52.4 Å². The first-order valence-electron chi connectivity index (χ1n) is 10.3. The molecule has 1 aliphatic heterocycles. The number of aliphatic hydroxyl groups excluding tert-OH is 1. The predicted molar refractivity (Wildman–Crippen MR) is 121 cm³/mol. The van der Waals surface area contributed by atoms with Crippen LogP contribution in [0, 0.1) is 11.3 Å². The van der Waals surface area contributed by atoms with Crippen LogP contribution in [-0.2, 0) is 10.0 Å². The molecule has 2 unspecified atom stereocenters. The summed E-state index contributed by atoms with van der Waals surface area (Å²) < 4.78 is 61.5. The van der Waals surface area contributed by atoms with Crippen molar-refractivity contribution >= 4 is 40.0 Å². The molecular weight excluding hydrogens is 536 g/mol. The topological polar surface area (TPSA) is 94.0 Å². The number of aliphatic imine (C=N–C) groups is 1. The monoisotopic (exact) mass is 570 g/mol. The number of rotatable bonds is 6. The molecule has 1 aliphatic carbocycles. The molecule has 7 nitrogen and oxygen atoms in total. The first-order valence-corrected chi connectivity index (χ1v) is 11.7. The molecule has 1 heterocycles. The van der Waals surface area contributed by atoms with Crippen molar-refractivity contribution in [2.24, 2.45) is 16.3 Å². The third kappa shape index (κ3) is 7.09. The second-order valence-corrected chi connectivity index (χ2v) is 10.2. The Hall–Kier alpha value is -0.340. The normalized spacial score (nSPS) is 27.4. The Morgan fingerprint density at radius 1 is 1.20 bits per heavy atom. The summed E-state index contributed by atoms with van der Waals surface area (Å²) in [6, 6.07) is 0. The quantitative estimate of drug-likeness (QED) is 0.260. The largest absolute Gasteiger partial charge is 0.511 e. The van der Waals surface area contributed by atoms with E-state index in [0.29, 0.717) is 42.7 Å². The number of hydrogen-bond acceptors (Lipinski definition) is 4. The van der Waals surface area contributed by atoms with Gasteiger partial charge in [-0.3, -0.25) is 4.99 Å². The second-order valence-electron chi connectivity index (χ2n) is 8.28. The van der Waals surface area contributed by atoms with Gasteiger partial charge >= 0.3 is 15.5 Å². The summed E-state index contributed by atoms with van der Waals surface area (Å²) in [6.07, 6.45) is 4.16. The van der Waals surface area contributed by atoms with Gasteiger partial charge in [0.25, 0.3) is 0 Å². The zero-order valence-electron chi connectivity index (χ0n) is 17.5. The highest BCUT2D eigenvalue weighted by Crippen LogP contribution is 2.36. The fraction of sp³-hybridized carbons (Fsp3) is 0.944. The number of aliphatic hydroxyl groups is 1. The molecule has 0 aromatic carbocycles. The maximum atomic E-state index is 12.7. The average Bonchev–Trinajstić information content (AvgIpc) is 2.66. The van der Waals surface area contributed by atoms with Gasteiger partial charge in [0.1, 0.15) is 0 Å². The maximum Gasteiger partial charge on any atom is 0.511 e. The zero-order chi connectivity index (χ0) is 21.7. The van der Waals surface area contributed by atoms with Crippen LogP contribution in [0.4, 0.5) is 13.2 Å². The van der Waals surface area contributed by atoms with Crippen molar-refractivity contribution in [3.63, 3.8) is 0 Å². The number of piperidine rings is 1. The molecule has 0 bridgehead atoms. The van der Waals surface area contributed by atoms with E-state index in [1.54, 1.807) is 0 Å². The van der Waals surface area contributed by atoms with E-state index in [-0.39, 0.29) is 54.5 Å². The van der Waals surface area contributed by atoms with Gasteiger partial charge in [0, 0.05) is 31.6 Å². The van der Waals surface area contributed by atoms with Crippen LogP contribution in [0.3, 0.4) is 0 Å². The molecule has 1 saturated carbocycles. The van der Waals surface area contributed by atoms with Crippen molar-refractivity contribution in [2.45, 2.75) is 64.0 Å². The number of sulfonamides is 1. The Morgan fingerprint density at radius 2 is 1.83 bits per heavy atom. The van der Waals surface area contributed by atoms with Crippen LogP contribution in [0.15, 0.2) is 4.99 Å². The van der Waals surface area contributed by atoms with Gasteiger partial charge in [0.2, 0.25) is 0 Å². The van der Waals surface area contributed by atoms with E-state index in [4.69, 9.17) is 0 Å². The average molecular weight is 570 g/mol. The third-order valence-corrected chi connectivity index (χ3v) is 7.62. The molecule has 178 valence electrons. The zero-order valence-corrected chi connectivity index (χ0v) is 20.7. The Bertz CT molecular complexity index is 670. The van der Waals surface area contributed by atoms with Gasteiger partial charge in [-0.05, 0) is 38.5 Å². The Kier molecular flexibility index (Phi) is 10.6. The van der Waals surface area contributed by atoms with Crippen LogP contribution in [0.25, 0.3) is 0 Å². The molecule has 2 rings (SSSR count). The Balaban J connectivity index is 0.00000450. The lowest BCUT2D eigenvalue weighted by molar-refractivity contribution is -0.0496. The van der Waals surface area contributed by atoms with E-state index >= 15 is 0 Å². The molecule has 0 spiro atoms. The molecular formula is C18H34F3IN4O3S. The van der Waals surface area contributed by atoms with Gasteiger partial charge in [-0.1, -0.05) is 19.8 Å². The first-order chi connectivity index (χ1) is 13.5. The molecule has 3 N–H and O–H groups in total. The number of halogens is 4. The number of alkyl halides is 3. The number of nitrogens with one attached hydrogen (secondary N) is 2. The van der Waals surface area contributed by atoms with E-state index in [0.717, 1.165) is 25.7 Å². The second kappa shape index (κ2) is 11.5. The van der Waals surface area contributed by atoms with Crippen molar-refractivity contribution in [2.75, 3.05) is 32.7 Å². The van der Waals surface area contributed by atoms with Gasteiger partial charge < -0.3 is 15.7 Å². The lowest BCUT2D eigenvalue weighted by atomic mass is 9.73. The third-order valence-electron chi connectivity index (χ3n) is 5.99. The van der Waals surface area contributed by atoms with E-state index in [9.17, 15) is 26.7 Å². The molecule has 1 saturated heterocycles. The molecule has 2 aliphatic rings. The van der Waals surface area contributed by atoms with Crippen molar-refractivity contribution in [1.29, 1.82) is 0 Å². The minimum Gasteiger partial charge on any atom is -0.392 e. The van der Waals surface area contributed by atoms with Crippen LogP contribution in [0.2, 0.25) is 0 Å². The fourth-order valence-electron chi connectivity index (χ4n) is 3.91. The molecule has 0 amide bonds. The minimum absolute atomic E-state index is 0. The molecule has 2 fully saturated rings. The summed E-state index contributed by atoms with van der Waals surface area (Å²) in [7, 11) is -5.24. The maximum absolute atomic E-state index is 12.7. The van der Waals surface area contributed by atoms with E-state index in [2.05, 4.69) is 15.6 Å². The summed E-state index contributed by atoms with van der Waals surface area (Å²) in [4.78, 5) is 4.61. The van der Waals surface area contributed by atoms with Crippen LogP contribution >= 0.6 is 24.0 Å². The van der Waals surface area contributed by atoms with E-state index < -0.39 is 15.5 Å². The summed E-state index contributed by atoms with van der Waals surface area (Å²) in [5.74, 6) is 0.672. The van der Waals surface area contributed by atoms with Crippen molar-refractivity contribution in [1.82, 2.24) is 14.9 Å². The van der Waals surface area contributed by atoms with Crippen molar-refractivity contribution < 1.29 is 26.7 Å². The van der Waals surface area contributed by atoms with Gasteiger partial charge in [0.15, 0.2) is 5.96 Å². The number of nitrogens with zero attached hydrogens (tertiary/aromatic N) is 2. The number of guanidine groups is 1. The summed E-state index contributed by atoms with van der Waals surface area (Å²) in [5.41, 5.74) is -5.50. The summed E-state index contributed by atoms with van der Waals surface area (Å²) in [6.45, 7) is 5.37. The van der Waals surface area contributed by atoms with E-state index in [1.165, 1.54) is 0 Å². The molecule has 0 aromatic rings. The smallest absolute Gasteiger partial charge is 0.392 e. The lowest BCUT2D eigenvalue weighted by Gasteiger charge is -2.37. The highest BCUT2D eigenvalue weighted by atomic mass is 127. The highest BCUT2D eigenvalue weighted by molar-refractivity contribution is 14.0. The van der Waals surface area contributed by atoms with Gasteiger partial charge in [-0.15, -0.1) is 24.0 Å². The first kappa shape index (κ1) is 27.7.